The van der Waals surface area contributed by atoms with Crippen LogP contribution < -0.4 is 14.2 Å². The Labute approximate surface area is 179 Å². The molecule has 4 aromatic rings. The number of aryl methyl sites for hydroxylation is 1. The van der Waals surface area contributed by atoms with E-state index in [1.165, 1.54) is 6.20 Å². The highest BCUT2D eigenvalue weighted by Crippen LogP contribution is 2.38. The van der Waals surface area contributed by atoms with Crippen LogP contribution in [0.2, 0.25) is 0 Å². The molecule has 0 bridgehead atoms. The lowest BCUT2D eigenvalue weighted by Gasteiger charge is -2.16. The van der Waals surface area contributed by atoms with E-state index in [4.69, 9.17) is 9.47 Å². The summed E-state index contributed by atoms with van der Waals surface area (Å²) in [7, 11) is -0.443. The molecule has 0 aliphatic carbocycles. The second-order valence-electron chi connectivity index (χ2n) is 6.81. The van der Waals surface area contributed by atoms with Crippen molar-refractivity contribution >= 4 is 27.1 Å². The van der Waals surface area contributed by atoms with Gasteiger partial charge in [-0.1, -0.05) is 6.07 Å². The fourth-order valence-corrected chi connectivity index (χ4v) is 3.70. The number of para-hydroxylation sites is 1. The fraction of sp³-hybridized carbons (Fsp3) is 0.200. The molecule has 0 aliphatic rings. The SMILES string of the molecule is COc1cccc(OC)c1-n1c(-c2cncc(C)c2)nc2ncc(NS(C)(=O)=O)nc21. The Balaban J connectivity index is 2.10. The highest BCUT2D eigenvalue weighted by Gasteiger charge is 2.23. The summed E-state index contributed by atoms with van der Waals surface area (Å²) in [5.74, 6) is 1.61. The first-order valence-electron chi connectivity index (χ1n) is 9.17. The third kappa shape index (κ3) is 3.99. The molecule has 3 heterocycles. The van der Waals surface area contributed by atoms with Crippen LogP contribution in [0.4, 0.5) is 5.82 Å². The highest BCUT2D eigenvalue weighted by atomic mass is 32.2. The molecule has 160 valence electrons. The molecule has 0 amide bonds. The molecule has 0 fully saturated rings. The molecule has 11 heteroatoms. The number of methoxy groups -OCH3 is 2. The number of hydrogen-bond donors (Lipinski definition) is 1. The number of anilines is 1. The number of fused-ring (bicyclic) bond motifs is 1. The lowest BCUT2D eigenvalue weighted by atomic mass is 10.2. The van der Waals surface area contributed by atoms with Gasteiger partial charge >= 0.3 is 0 Å². The number of aromatic nitrogens is 5. The maximum Gasteiger partial charge on any atom is 0.231 e. The molecule has 0 atom stereocenters. The molecule has 10 nitrogen and oxygen atoms in total. The summed E-state index contributed by atoms with van der Waals surface area (Å²) in [5.41, 5.74) is 2.88. The first-order chi connectivity index (χ1) is 14.8. The van der Waals surface area contributed by atoms with Crippen molar-refractivity contribution in [1.82, 2.24) is 24.5 Å². The number of hydrogen-bond acceptors (Lipinski definition) is 8. The van der Waals surface area contributed by atoms with Crippen molar-refractivity contribution in [3.63, 3.8) is 0 Å². The summed E-state index contributed by atoms with van der Waals surface area (Å²) in [5, 5.41) is 0. The van der Waals surface area contributed by atoms with Crippen molar-refractivity contribution < 1.29 is 17.9 Å². The zero-order valence-electron chi connectivity index (χ0n) is 17.3. The van der Waals surface area contributed by atoms with Crippen LogP contribution in [0.15, 0.2) is 42.9 Å². The van der Waals surface area contributed by atoms with Gasteiger partial charge in [0, 0.05) is 18.0 Å². The molecule has 3 aromatic heterocycles. The maximum absolute atomic E-state index is 11.7. The van der Waals surface area contributed by atoms with Crippen LogP contribution in [-0.4, -0.2) is 53.4 Å². The van der Waals surface area contributed by atoms with Gasteiger partial charge in [-0.2, -0.15) is 0 Å². The van der Waals surface area contributed by atoms with E-state index < -0.39 is 10.0 Å². The maximum atomic E-state index is 11.7. The van der Waals surface area contributed by atoms with Gasteiger partial charge in [0.25, 0.3) is 0 Å². The monoisotopic (exact) mass is 440 g/mol. The number of nitrogens with zero attached hydrogens (tertiary/aromatic N) is 5. The summed E-state index contributed by atoms with van der Waals surface area (Å²) >= 11 is 0. The van der Waals surface area contributed by atoms with Gasteiger partial charge in [0.2, 0.25) is 10.0 Å². The molecule has 0 radical (unpaired) electrons. The van der Waals surface area contributed by atoms with E-state index in [9.17, 15) is 8.42 Å². The number of imidazole rings is 1. The number of rotatable bonds is 6. The Bertz CT molecular complexity index is 1360. The number of sulfonamides is 1. The van der Waals surface area contributed by atoms with Crippen LogP contribution in [0.1, 0.15) is 5.56 Å². The lowest BCUT2D eigenvalue weighted by molar-refractivity contribution is 0.391. The topological polar surface area (TPSA) is 121 Å². The van der Waals surface area contributed by atoms with E-state index in [1.807, 2.05) is 13.0 Å². The molecular formula is C20H20N6O4S. The van der Waals surface area contributed by atoms with Crippen molar-refractivity contribution in [2.24, 2.45) is 0 Å². The minimum absolute atomic E-state index is 0.0685. The van der Waals surface area contributed by atoms with Crippen LogP contribution in [0.25, 0.3) is 28.4 Å². The summed E-state index contributed by atoms with van der Waals surface area (Å²) in [6, 6.07) is 7.31. The molecule has 0 spiro atoms. The van der Waals surface area contributed by atoms with Gasteiger partial charge < -0.3 is 9.47 Å². The predicted octanol–water partition coefficient (Wildman–Crippen LogP) is 2.57. The van der Waals surface area contributed by atoms with E-state index in [0.717, 1.165) is 17.4 Å². The van der Waals surface area contributed by atoms with Gasteiger partial charge in [-0.05, 0) is 30.7 Å². The quantitative estimate of drug-likeness (QED) is 0.486. The third-order valence-electron chi connectivity index (χ3n) is 4.42. The second kappa shape index (κ2) is 7.84. The lowest BCUT2D eigenvalue weighted by Crippen LogP contribution is -2.11. The average molecular weight is 440 g/mol. The summed E-state index contributed by atoms with van der Waals surface area (Å²) in [4.78, 5) is 17.7. The van der Waals surface area contributed by atoms with E-state index in [0.29, 0.717) is 34.3 Å². The molecule has 0 unspecified atom stereocenters. The largest absolute Gasteiger partial charge is 0.494 e. The van der Waals surface area contributed by atoms with Crippen LogP contribution in [0.5, 0.6) is 11.5 Å². The standard InChI is InChI=1S/C20H20N6O4S/c1-12-8-13(10-21-9-12)19-24-18-20(23-16(11-22-18)25-31(4,27)28)26(19)17-14(29-2)6-5-7-15(17)30-3/h5-11H,1-4H3,(H,23,25). The molecule has 1 N–H and O–H groups in total. The predicted molar refractivity (Wildman–Crippen MR) is 116 cm³/mol. The third-order valence-corrected chi connectivity index (χ3v) is 5.00. The van der Waals surface area contributed by atoms with Crippen molar-refractivity contribution in [3.05, 3.63) is 48.4 Å². The first kappa shape index (κ1) is 20.5. The van der Waals surface area contributed by atoms with Gasteiger partial charge in [0.1, 0.15) is 17.2 Å². The van der Waals surface area contributed by atoms with E-state index >= 15 is 0 Å². The fourth-order valence-electron chi connectivity index (χ4n) is 3.23. The zero-order chi connectivity index (χ0) is 22.2. The van der Waals surface area contributed by atoms with Crippen molar-refractivity contribution in [2.75, 3.05) is 25.2 Å². The number of nitrogens with one attached hydrogen (secondary N) is 1. The molecular weight excluding hydrogens is 420 g/mol. The number of pyridine rings is 1. The van der Waals surface area contributed by atoms with Crippen molar-refractivity contribution in [2.45, 2.75) is 6.92 Å². The molecule has 1 aromatic carbocycles. The Morgan fingerprint density at radius 3 is 2.35 bits per heavy atom. The molecule has 0 saturated heterocycles. The van der Waals surface area contributed by atoms with Gasteiger partial charge in [0.15, 0.2) is 22.9 Å². The normalized spacial score (nSPS) is 11.5. The van der Waals surface area contributed by atoms with Gasteiger partial charge in [-0.25, -0.2) is 23.4 Å². The Kier molecular flexibility index (Phi) is 5.19. The van der Waals surface area contributed by atoms with Gasteiger partial charge in [0.05, 0.1) is 26.7 Å². The average Bonchev–Trinajstić information content (AvgIpc) is 3.10. The second-order valence-corrected chi connectivity index (χ2v) is 8.56. The van der Waals surface area contributed by atoms with Crippen LogP contribution >= 0.6 is 0 Å². The van der Waals surface area contributed by atoms with Crippen molar-refractivity contribution in [1.29, 1.82) is 0 Å². The smallest absolute Gasteiger partial charge is 0.231 e. The molecule has 0 aliphatic heterocycles. The molecule has 4 rings (SSSR count). The van der Waals surface area contributed by atoms with Crippen LogP contribution in [-0.2, 0) is 10.0 Å². The van der Waals surface area contributed by atoms with Crippen LogP contribution in [0, 0.1) is 6.92 Å². The minimum Gasteiger partial charge on any atom is -0.494 e. The van der Waals surface area contributed by atoms with Gasteiger partial charge in [-0.3, -0.25) is 14.3 Å². The number of benzene rings is 1. The number of ether oxygens (including phenoxy) is 2. The van der Waals surface area contributed by atoms with E-state index in [1.54, 1.807) is 49.4 Å². The van der Waals surface area contributed by atoms with E-state index in [-0.39, 0.29) is 5.82 Å². The molecule has 0 saturated carbocycles. The molecule has 31 heavy (non-hydrogen) atoms. The first-order valence-corrected chi connectivity index (χ1v) is 11.1. The summed E-state index contributed by atoms with van der Waals surface area (Å²) in [6.07, 6.45) is 5.79. The zero-order valence-corrected chi connectivity index (χ0v) is 18.1. The Morgan fingerprint density at radius 2 is 1.74 bits per heavy atom. The summed E-state index contributed by atoms with van der Waals surface area (Å²) < 4.78 is 38.7. The van der Waals surface area contributed by atoms with Gasteiger partial charge in [-0.15, -0.1) is 0 Å². The minimum atomic E-state index is -3.54. The van der Waals surface area contributed by atoms with Crippen LogP contribution in [0.3, 0.4) is 0 Å². The summed E-state index contributed by atoms with van der Waals surface area (Å²) in [6.45, 7) is 1.93. The van der Waals surface area contributed by atoms with E-state index in [2.05, 4.69) is 24.7 Å². The Hall–Kier alpha value is -3.73. The van der Waals surface area contributed by atoms with Crippen molar-refractivity contribution in [3.8, 4) is 28.6 Å². The Morgan fingerprint density at radius 1 is 1.03 bits per heavy atom. The highest BCUT2D eigenvalue weighted by molar-refractivity contribution is 7.92.